The summed E-state index contributed by atoms with van der Waals surface area (Å²) in [6, 6.07) is 15.6. The Labute approximate surface area is 171 Å². The molecule has 0 radical (unpaired) electrons. The van der Waals surface area contributed by atoms with Crippen LogP contribution in [0.3, 0.4) is 0 Å². The van der Waals surface area contributed by atoms with Gasteiger partial charge < -0.3 is 15.2 Å². The monoisotopic (exact) mass is 410 g/mol. The van der Waals surface area contributed by atoms with E-state index in [-0.39, 0.29) is 22.6 Å². The molecule has 1 atom stereocenters. The van der Waals surface area contributed by atoms with Crippen molar-refractivity contribution in [2.45, 2.75) is 19.2 Å². The average Bonchev–Trinajstić information content (AvgIpc) is 2.74. The molecule has 0 saturated heterocycles. The molecular formula is C23H17F3N2O2. The Bertz CT molecular complexity index is 1180. The van der Waals surface area contributed by atoms with Gasteiger partial charge in [0.05, 0.1) is 18.4 Å². The second kappa shape index (κ2) is 6.99. The van der Waals surface area contributed by atoms with Crippen molar-refractivity contribution in [3.63, 3.8) is 0 Å². The number of nitrogens with two attached hydrogens (primary N) is 1. The molecule has 3 aromatic rings. The summed E-state index contributed by atoms with van der Waals surface area (Å²) in [7, 11) is 1.47. The van der Waals surface area contributed by atoms with Crippen molar-refractivity contribution in [2.75, 3.05) is 12.8 Å². The second-order valence-corrected chi connectivity index (χ2v) is 6.96. The molecule has 0 amide bonds. The van der Waals surface area contributed by atoms with E-state index in [9.17, 15) is 18.4 Å². The van der Waals surface area contributed by atoms with Crippen molar-refractivity contribution in [1.82, 2.24) is 0 Å². The number of ether oxygens (including phenoxy) is 2. The summed E-state index contributed by atoms with van der Waals surface area (Å²) in [4.78, 5) is 0. The van der Waals surface area contributed by atoms with Gasteiger partial charge >= 0.3 is 6.18 Å². The standard InChI is InChI=1S/C23H17F3N2O2/c1-12-18(13-6-4-3-5-7-13)16(11-27)21(28)20-19(12)15-10-14(29-2)8-9-17(15)30-22(20)23(24,25)26/h3-10,22H,28H2,1-2H3. The Hall–Kier alpha value is -3.66. The maximum Gasteiger partial charge on any atom is 0.429 e. The zero-order chi connectivity index (χ0) is 21.6. The van der Waals surface area contributed by atoms with Crippen LogP contribution in [0.4, 0.5) is 18.9 Å². The van der Waals surface area contributed by atoms with Crippen LogP contribution in [0, 0.1) is 18.3 Å². The minimum atomic E-state index is -4.71. The topological polar surface area (TPSA) is 68.3 Å². The minimum Gasteiger partial charge on any atom is -0.497 e. The number of halogens is 3. The van der Waals surface area contributed by atoms with Crippen LogP contribution in [-0.2, 0) is 0 Å². The molecule has 4 nitrogen and oxygen atoms in total. The van der Waals surface area contributed by atoms with Crippen molar-refractivity contribution >= 4 is 5.69 Å². The number of alkyl halides is 3. The molecule has 0 spiro atoms. The molecule has 1 unspecified atom stereocenters. The fraction of sp³-hybridized carbons (Fsp3) is 0.174. The molecule has 1 heterocycles. The summed E-state index contributed by atoms with van der Waals surface area (Å²) < 4.78 is 52.4. The van der Waals surface area contributed by atoms with Crippen molar-refractivity contribution in [3.8, 4) is 39.8 Å². The van der Waals surface area contributed by atoms with Crippen LogP contribution in [0.1, 0.15) is 22.8 Å². The van der Waals surface area contributed by atoms with E-state index in [0.717, 1.165) is 0 Å². The average molecular weight is 410 g/mol. The zero-order valence-electron chi connectivity index (χ0n) is 16.2. The number of hydrogen-bond donors (Lipinski definition) is 1. The van der Waals surface area contributed by atoms with E-state index in [1.807, 2.05) is 12.1 Å². The Morgan fingerprint density at radius 3 is 2.40 bits per heavy atom. The first kappa shape index (κ1) is 19.6. The van der Waals surface area contributed by atoms with Crippen molar-refractivity contribution in [3.05, 3.63) is 65.2 Å². The van der Waals surface area contributed by atoms with Crippen LogP contribution in [0.15, 0.2) is 48.5 Å². The van der Waals surface area contributed by atoms with Gasteiger partial charge in [-0.3, -0.25) is 0 Å². The largest absolute Gasteiger partial charge is 0.497 e. The number of fused-ring (bicyclic) bond motifs is 3. The van der Waals surface area contributed by atoms with Crippen LogP contribution in [0.2, 0.25) is 0 Å². The summed E-state index contributed by atoms with van der Waals surface area (Å²) >= 11 is 0. The summed E-state index contributed by atoms with van der Waals surface area (Å²) in [6.45, 7) is 1.70. The number of hydrogen-bond acceptors (Lipinski definition) is 4. The van der Waals surface area contributed by atoms with Crippen molar-refractivity contribution in [2.24, 2.45) is 0 Å². The van der Waals surface area contributed by atoms with Gasteiger partial charge in [-0.05, 0) is 41.8 Å². The fourth-order valence-electron chi connectivity index (χ4n) is 3.97. The summed E-state index contributed by atoms with van der Waals surface area (Å²) in [5, 5.41) is 9.78. The van der Waals surface area contributed by atoms with E-state index in [4.69, 9.17) is 15.2 Å². The van der Waals surface area contributed by atoms with Crippen LogP contribution >= 0.6 is 0 Å². The third-order valence-electron chi connectivity index (χ3n) is 5.26. The van der Waals surface area contributed by atoms with Gasteiger partial charge in [0, 0.05) is 16.7 Å². The lowest BCUT2D eigenvalue weighted by Gasteiger charge is -2.33. The summed E-state index contributed by atoms with van der Waals surface area (Å²) in [6.07, 6.45) is -6.99. The molecule has 1 aliphatic rings. The van der Waals surface area contributed by atoms with E-state index >= 15 is 0 Å². The SMILES string of the molecule is COc1ccc2c(c1)-c1c(C)c(-c3ccccc3)c(C#N)c(N)c1C(C(F)(F)F)O2. The van der Waals surface area contributed by atoms with Gasteiger partial charge in [0.15, 0.2) is 0 Å². The Balaban J connectivity index is 2.16. The second-order valence-electron chi connectivity index (χ2n) is 6.96. The molecule has 3 aromatic carbocycles. The highest BCUT2D eigenvalue weighted by atomic mass is 19.4. The molecular weight excluding hydrogens is 393 g/mol. The number of benzene rings is 3. The lowest BCUT2D eigenvalue weighted by Crippen LogP contribution is -2.30. The number of rotatable bonds is 2. The molecule has 7 heteroatoms. The normalized spacial score (nSPS) is 14.9. The molecule has 1 aliphatic heterocycles. The first-order chi connectivity index (χ1) is 14.3. The molecule has 0 aliphatic carbocycles. The Kier molecular flexibility index (Phi) is 4.58. The maximum absolute atomic E-state index is 13.9. The van der Waals surface area contributed by atoms with Crippen LogP contribution in [-0.4, -0.2) is 13.3 Å². The quantitative estimate of drug-likeness (QED) is 0.543. The number of anilines is 1. The van der Waals surface area contributed by atoms with E-state index in [1.165, 1.54) is 19.2 Å². The lowest BCUT2D eigenvalue weighted by atomic mass is 9.81. The highest BCUT2D eigenvalue weighted by molar-refractivity contribution is 5.93. The smallest absolute Gasteiger partial charge is 0.429 e. The van der Waals surface area contributed by atoms with Crippen LogP contribution in [0.25, 0.3) is 22.3 Å². The van der Waals surface area contributed by atoms with Crippen LogP contribution < -0.4 is 15.2 Å². The first-order valence-electron chi connectivity index (χ1n) is 9.11. The van der Waals surface area contributed by atoms with E-state index in [1.54, 1.807) is 37.3 Å². The Morgan fingerprint density at radius 2 is 1.80 bits per heavy atom. The highest BCUT2D eigenvalue weighted by Gasteiger charge is 2.49. The molecule has 30 heavy (non-hydrogen) atoms. The van der Waals surface area contributed by atoms with Crippen LogP contribution in [0.5, 0.6) is 11.5 Å². The molecule has 0 fully saturated rings. The molecule has 152 valence electrons. The van der Waals surface area contributed by atoms with Gasteiger partial charge in [-0.1, -0.05) is 30.3 Å². The highest BCUT2D eigenvalue weighted by Crippen LogP contribution is 2.54. The van der Waals surface area contributed by atoms with Gasteiger partial charge in [0.25, 0.3) is 0 Å². The predicted octanol–water partition coefficient (Wildman–Crippen LogP) is 5.79. The van der Waals surface area contributed by atoms with Gasteiger partial charge in [0.2, 0.25) is 6.10 Å². The third kappa shape index (κ3) is 2.92. The molecule has 0 saturated carbocycles. The van der Waals surface area contributed by atoms with E-state index in [0.29, 0.717) is 33.6 Å². The number of nitrogen functional groups attached to an aromatic ring is 1. The molecule has 4 rings (SSSR count). The molecule has 0 bridgehead atoms. The number of nitrogens with zero attached hydrogens (tertiary/aromatic N) is 1. The summed E-state index contributed by atoms with van der Waals surface area (Å²) in [5.74, 6) is 0.550. The van der Waals surface area contributed by atoms with Crippen molar-refractivity contribution in [1.29, 1.82) is 5.26 Å². The number of nitriles is 1. The number of methoxy groups -OCH3 is 1. The van der Waals surface area contributed by atoms with Gasteiger partial charge in [-0.25, -0.2) is 0 Å². The Morgan fingerprint density at radius 1 is 1.10 bits per heavy atom. The van der Waals surface area contributed by atoms with Gasteiger partial charge in [-0.2, -0.15) is 18.4 Å². The van der Waals surface area contributed by atoms with E-state index < -0.39 is 12.3 Å². The minimum absolute atomic E-state index is 0.00152. The van der Waals surface area contributed by atoms with Crippen molar-refractivity contribution < 1.29 is 22.6 Å². The lowest BCUT2D eigenvalue weighted by molar-refractivity contribution is -0.198. The van der Waals surface area contributed by atoms with Gasteiger partial charge in [0.1, 0.15) is 17.6 Å². The zero-order valence-corrected chi connectivity index (χ0v) is 16.2. The van der Waals surface area contributed by atoms with Gasteiger partial charge in [-0.15, -0.1) is 0 Å². The molecule has 0 aromatic heterocycles. The maximum atomic E-state index is 13.9. The third-order valence-corrected chi connectivity index (χ3v) is 5.26. The first-order valence-corrected chi connectivity index (χ1v) is 9.11. The fourth-order valence-corrected chi connectivity index (χ4v) is 3.97. The predicted molar refractivity (Wildman–Crippen MR) is 107 cm³/mol. The molecule has 2 N–H and O–H groups in total. The van der Waals surface area contributed by atoms with E-state index in [2.05, 4.69) is 0 Å². The summed E-state index contributed by atoms with van der Waals surface area (Å²) in [5.41, 5.74) is 8.21.